The smallest absolute Gasteiger partial charge is 0.246 e. The number of benzene rings is 2. The fraction of sp³-hybridized carbons (Fsp3) is 0.227. The number of anilines is 2. The van der Waals surface area contributed by atoms with Crippen LogP contribution in [0.2, 0.25) is 0 Å². The number of hydrogen-bond donors (Lipinski definition) is 1. The van der Waals surface area contributed by atoms with Gasteiger partial charge in [-0.3, -0.25) is 14.4 Å². The van der Waals surface area contributed by atoms with Gasteiger partial charge in [0.15, 0.2) is 0 Å². The highest BCUT2D eigenvalue weighted by Crippen LogP contribution is 2.31. The van der Waals surface area contributed by atoms with Gasteiger partial charge >= 0.3 is 0 Å². The van der Waals surface area contributed by atoms with Crippen LogP contribution in [0.3, 0.4) is 0 Å². The SMILES string of the molecule is CC1CC(=O)Nc2ccccc2N1C(=O)CN(C)C(=O)/C=C/c1ccccc1F. The summed E-state index contributed by atoms with van der Waals surface area (Å²) in [6.45, 7) is 1.62. The van der Waals surface area contributed by atoms with E-state index < -0.39 is 11.7 Å². The van der Waals surface area contributed by atoms with Crippen molar-refractivity contribution < 1.29 is 18.8 Å². The standard InChI is InChI=1S/C22H22FN3O3/c1-15-13-20(27)24-18-9-5-6-10-19(18)26(15)22(29)14-25(2)21(28)12-11-16-7-3-4-8-17(16)23/h3-12,15H,13-14H2,1-2H3,(H,24,27)/b12-11+. The van der Waals surface area contributed by atoms with Crippen molar-refractivity contribution in [2.24, 2.45) is 0 Å². The summed E-state index contributed by atoms with van der Waals surface area (Å²) in [4.78, 5) is 40.2. The molecule has 1 heterocycles. The molecule has 7 heteroatoms. The normalized spacial score (nSPS) is 16.2. The largest absolute Gasteiger partial charge is 0.333 e. The summed E-state index contributed by atoms with van der Waals surface area (Å²) in [5.74, 6) is -1.33. The summed E-state index contributed by atoms with van der Waals surface area (Å²) in [6, 6.07) is 12.8. The Hall–Kier alpha value is -3.48. The van der Waals surface area contributed by atoms with Crippen molar-refractivity contribution >= 4 is 35.2 Å². The van der Waals surface area contributed by atoms with Gasteiger partial charge in [-0.25, -0.2) is 4.39 Å². The van der Waals surface area contributed by atoms with Crippen LogP contribution in [0.15, 0.2) is 54.6 Å². The number of halogens is 1. The van der Waals surface area contributed by atoms with Crippen LogP contribution < -0.4 is 10.2 Å². The molecule has 0 spiro atoms. The van der Waals surface area contributed by atoms with E-state index in [1.54, 1.807) is 49.4 Å². The predicted molar refractivity (Wildman–Crippen MR) is 110 cm³/mol. The Kier molecular flexibility index (Phi) is 6.07. The number of carbonyl (C=O) groups is 3. The number of amides is 3. The number of carbonyl (C=O) groups excluding carboxylic acids is 3. The second kappa shape index (κ2) is 8.68. The van der Waals surface area contributed by atoms with E-state index >= 15 is 0 Å². The third kappa shape index (κ3) is 4.68. The van der Waals surface area contributed by atoms with Crippen molar-refractivity contribution in [3.05, 3.63) is 66.0 Å². The minimum Gasteiger partial charge on any atom is -0.333 e. The molecule has 1 aliphatic rings. The summed E-state index contributed by atoms with van der Waals surface area (Å²) >= 11 is 0. The second-order valence-electron chi connectivity index (χ2n) is 6.93. The minimum absolute atomic E-state index is 0.158. The molecule has 0 bridgehead atoms. The molecule has 3 rings (SSSR count). The van der Waals surface area contributed by atoms with Crippen molar-refractivity contribution in [2.45, 2.75) is 19.4 Å². The van der Waals surface area contributed by atoms with Gasteiger partial charge in [-0.2, -0.15) is 0 Å². The third-order valence-corrected chi connectivity index (χ3v) is 4.69. The molecule has 6 nitrogen and oxygen atoms in total. The number of hydrogen-bond acceptors (Lipinski definition) is 3. The van der Waals surface area contributed by atoms with Crippen LogP contribution in [0.25, 0.3) is 6.08 Å². The molecule has 1 aliphatic heterocycles. The van der Waals surface area contributed by atoms with E-state index in [1.807, 2.05) is 0 Å². The molecule has 3 amide bonds. The molecule has 0 fully saturated rings. The Labute approximate surface area is 168 Å². The molecule has 0 aromatic heterocycles. The lowest BCUT2D eigenvalue weighted by Gasteiger charge is -2.29. The molecular formula is C22H22FN3O3. The lowest BCUT2D eigenvalue weighted by Crippen LogP contribution is -2.45. The average Bonchev–Trinajstić information content (AvgIpc) is 2.81. The molecule has 1 N–H and O–H groups in total. The Morgan fingerprint density at radius 1 is 1.21 bits per heavy atom. The first-order chi connectivity index (χ1) is 13.9. The van der Waals surface area contributed by atoms with E-state index in [-0.39, 0.29) is 30.8 Å². The van der Waals surface area contributed by atoms with E-state index in [2.05, 4.69) is 5.32 Å². The van der Waals surface area contributed by atoms with E-state index in [1.165, 1.54) is 35.1 Å². The quantitative estimate of drug-likeness (QED) is 0.809. The molecule has 29 heavy (non-hydrogen) atoms. The Morgan fingerprint density at radius 3 is 2.66 bits per heavy atom. The number of para-hydroxylation sites is 2. The van der Waals surface area contributed by atoms with Crippen LogP contribution in [0.4, 0.5) is 15.8 Å². The van der Waals surface area contributed by atoms with Crippen molar-refractivity contribution in [3.63, 3.8) is 0 Å². The highest BCUT2D eigenvalue weighted by Gasteiger charge is 2.30. The van der Waals surface area contributed by atoms with E-state index in [0.717, 1.165) is 0 Å². The summed E-state index contributed by atoms with van der Waals surface area (Å²) in [7, 11) is 1.50. The molecule has 0 aliphatic carbocycles. The maximum atomic E-state index is 13.7. The maximum Gasteiger partial charge on any atom is 0.246 e. The van der Waals surface area contributed by atoms with Crippen LogP contribution in [0.5, 0.6) is 0 Å². The van der Waals surface area contributed by atoms with Gasteiger partial charge in [0.25, 0.3) is 0 Å². The van der Waals surface area contributed by atoms with Crippen molar-refractivity contribution in [3.8, 4) is 0 Å². The molecule has 0 saturated heterocycles. The molecule has 2 aromatic carbocycles. The summed E-state index contributed by atoms with van der Waals surface area (Å²) in [6.07, 6.45) is 2.77. The topological polar surface area (TPSA) is 69.7 Å². The number of rotatable bonds is 4. The molecule has 2 aromatic rings. The average molecular weight is 395 g/mol. The van der Waals surface area contributed by atoms with Gasteiger partial charge in [0.1, 0.15) is 12.4 Å². The lowest BCUT2D eigenvalue weighted by molar-refractivity contribution is -0.130. The van der Waals surface area contributed by atoms with Crippen LogP contribution >= 0.6 is 0 Å². The van der Waals surface area contributed by atoms with Crippen LogP contribution in [-0.4, -0.2) is 42.3 Å². The highest BCUT2D eigenvalue weighted by atomic mass is 19.1. The molecule has 150 valence electrons. The third-order valence-electron chi connectivity index (χ3n) is 4.69. The first-order valence-corrected chi connectivity index (χ1v) is 9.25. The van der Waals surface area contributed by atoms with Gasteiger partial charge in [0.05, 0.1) is 11.4 Å². The molecule has 0 radical (unpaired) electrons. The zero-order valence-corrected chi connectivity index (χ0v) is 16.3. The number of fused-ring (bicyclic) bond motifs is 1. The number of nitrogens with zero attached hydrogens (tertiary/aromatic N) is 2. The van der Waals surface area contributed by atoms with E-state index in [9.17, 15) is 18.8 Å². The first kappa shape index (κ1) is 20.3. The monoisotopic (exact) mass is 395 g/mol. The predicted octanol–water partition coefficient (Wildman–Crippen LogP) is 3.06. The minimum atomic E-state index is -0.428. The van der Waals surface area contributed by atoms with Gasteiger partial charge in [0.2, 0.25) is 17.7 Å². The van der Waals surface area contributed by atoms with Gasteiger partial charge in [0, 0.05) is 31.1 Å². The molecule has 1 atom stereocenters. The Balaban J connectivity index is 1.74. The fourth-order valence-corrected chi connectivity index (χ4v) is 3.22. The highest BCUT2D eigenvalue weighted by molar-refractivity contribution is 6.06. The second-order valence-corrected chi connectivity index (χ2v) is 6.93. The van der Waals surface area contributed by atoms with Gasteiger partial charge in [-0.15, -0.1) is 0 Å². The summed E-state index contributed by atoms with van der Waals surface area (Å²) < 4.78 is 13.7. The van der Waals surface area contributed by atoms with Crippen LogP contribution in [0, 0.1) is 5.82 Å². The zero-order valence-electron chi connectivity index (χ0n) is 16.3. The Morgan fingerprint density at radius 2 is 1.90 bits per heavy atom. The summed E-state index contributed by atoms with van der Waals surface area (Å²) in [5.41, 5.74) is 1.45. The molecule has 1 unspecified atom stereocenters. The van der Waals surface area contributed by atoms with Crippen molar-refractivity contribution in [2.75, 3.05) is 23.8 Å². The first-order valence-electron chi connectivity index (χ1n) is 9.25. The van der Waals surface area contributed by atoms with Crippen molar-refractivity contribution in [1.29, 1.82) is 0 Å². The van der Waals surface area contributed by atoms with Gasteiger partial charge < -0.3 is 15.1 Å². The van der Waals surface area contributed by atoms with E-state index in [0.29, 0.717) is 16.9 Å². The summed E-state index contributed by atoms with van der Waals surface area (Å²) in [5, 5.41) is 2.80. The van der Waals surface area contributed by atoms with Crippen molar-refractivity contribution in [1.82, 2.24) is 4.90 Å². The number of nitrogens with one attached hydrogen (secondary N) is 1. The Bertz CT molecular complexity index is 973. The lowest BCUT2D eigenvalue weighted by atomic mass is 10.1. The van der Waals surface area contributed by atoms with Crippen LogP contribution in [-0.2, 0) is 14.4 Å². The van der Waals surface area contributed by atoms with Gasteiger partial charge in [-0.05, 0) is 31.2 Å². The number of likely N-dealkylation sites (N-methyl/N-ethyl adjacent to an activating group) is 1. The molecular weight excluding hydrogens is 373 g/mol. The van der Waals surface area contributed by atoms with Gasteiger partial charge in [-0.1, -0.05) is 30.3 Å². The van der Waals surface area contributed by atoms with E-state index in [4.69, 9.17) is 0 Å². The maximum absolute atomic E-state index is 13.7. The molecule has 0 saturated carbocycles. The zero-order chi connectivity index (χ0) is 21.0. The van der Waals surface area contributed by atoms with Crippen LogP contribution in [0.1, 0.15) is 18.9 Å². The fourth-order valence-electron chi connectivity index (χ4n) is 3.22.